The third-order valence-electron chi connectivity index (χ3n) is 8.03. The van der Waals surface area contributed by atoms with E-state index in [9.17, 15) is 14.4 Å². The number of nitrogens with zero attached hydrogens (tertiary/aromatic N) is 2. The number of hydrogen-bond donors (Lipinski definition) is 3. The van der Waals surface area contributed by atoms with Crippen molar-refractivity contribution in [2.75, 3.05) is 26.2 Å². The Balaban J connectivity index is 1.29. The van der Waals surface area contributed by atoms with Crippen LogP contribution >= 0.6 is 0 Å². The minimum atomic E-state index is -0.604. The number of carbonyl (C=O) groups is 3. The highest BCUT2D eigenvalue weighted by Gasteiger charge is 2.29. The molecule has 4 rings (SSSR count). The van der Waals surface area contributed by atoms with Gasteiger partial charge in [-0.05, 0) is 35.4 Å². The molecule has 2 unspecified atom stereocenters. The van der Waals surface area contributed by atoms with Crippen molar-refractivity contribution < 1.29 is 14.4 Å². The molecule has 4 N–H and O–H groups in total. The standard InChI is InChI=1S/C31H43N5O3/c1-2-28(37)34-27(31(39)36-18-16-35(17-19-36)22-25-8-4-3-5-9-25)20-23-12-14-24(15-13-23)21-33-30(38)29(32)26-10-6-7-11-26/h3-5,8-9,12-15,26-27,29H,2,6-7,10-11,16-22,32H2,1H3,(H,33,38)(H,34,37). The predicted octanol–water partition coefficient (Wildman–Crippen LogP) is 2.60. The molecule has 210 valence electrons. The van der Waals surface area contributed by atoms with E-state index in [1.807, 2.05) is 47.4 Å². The van der Waals surface area contributed by atoms with E-state index in [0.717, 1.165) is 56.4 Å². The molecule has 8 heteroatoms. The molecule has 1 saturated carbocycles. The van der Waals surface area contributed by atoms with Gasteiger partial charge in [0.2, 0.25) is 17.7 Å². The van der Waals surface area contributed by atoms with Gasteiger partial charge in [0.05, 0.1) is 6.04 Å². The summed E-state index contributed by atoms with van der Waals surface area (Å²) in [5, 5.41) is 5.91. The fraction of sp³-hybridized carbons (Fsp3) is 0.516. The molecule has 2 aromatic carbocycles. The van der Waals surface area contributed by atoms with Gasteiger partial charge in [-0.1, -0.05) is 74.4 Å². The van der Waals surface area contributed by atoms with Crippen LogP contribution in [0.1, 0.15) is 55.7 Å². The van der Waals surface area contributed by atoms with E-state index in [2.05, 4.69) is 27.7 Å². The zero-order valence-corrected chi connectivity index (χ0v) is 23.1. The van der Waals surface area contributed by atoms with Gasteiger partial charge in [-0.15, -0.1) is 0 Å². The summed E-state index contributed by atoms with van der Waals surface area (Å²) in [6.45, 7) is 5.98. The van der Waals surface area contributed by atoms with E-state index in [4.69, 9.17) is 5.73 Å². The normalized spacial score (nSPS) is 17.9. The summed E-state index contributed by atoms with van der Waals surface area (Å²) in [6.07, 6.45) is 5.12. The Morgan fingerprint density at radius 2 is 1.54 bits per heavy atom. The third kappa shape index (κ3) is 8.38. The van der Waals surface area contributed by atoms with Gasteiger partial charge in [0.1, 0.15) is 6.04 Å². The largest absolute Gasteiger partial charge is 0.351 e. The second kappa shape index (κ2) is 14.2. The number of benzene rings is 2. The van der Waals surface area contributed by atoms with Gasteiger partial charge in [0.15, 0.2) is 0 Å². The lowest BCUT2D eigenvalue weighted by Crippen LogP contribution is -2.55. The molecule has 2 atom stereocenters. The van der Waals surface area contributed by atoms with Crippen LogP contribution < -0.4 is 16.4 Å². The molecule has 0 radical (unpaired) electrons. The molecule has 2 aliphatic rings. The highest BCUT2D eigenvalue weighted by atomic mass is 16.2. The predicted molar refractivity (Wildman–Crippen MR) is 152 cm³/mol. The summed E-state index contributed by atoms with van der Waals surface area (Å²) < 4.78 is 0. The highest BCUT2D eigenvalue weighted by Crippen LogP contribution is 2.26. The lowest BCUT2D eigenvalue weighted by atomic mass is 9.98. The van der Waals surface area contributed by atoms with E-state index in [1.54, 1.807) is 6.92 Å². The molecule has 1 heterocycles. The SMILES string of the molecule is CCC(=O)NC(Cc1ccc(CNC(=O)C(N)C2CCCC2)cc1)C(=O)N1CCN(Cc2ccccc2)CC1. The van der Waals surface area contributed by atoms with Crippen molar-refractivity contribution in [1.29, 1.82) is 0 Å². The van der Waals surface area contributed by atoms with E-state index in [1.165, 1.54) is 5.56 Å². The van der Waals surface area contributed by atoms with Crippen molar-refractivity contribution >= 4 is 17.7 Å². The summed E-state index contributed by atoms with van der Waals surface area (Å²) >= 11 is 0. The van der Waals surface area contributed by atoms with Crippen LogP contribution in [0.15, 0.2) is 54.6 Å². The summed E-state index contributed by atoms with van der Waals surface area (Å²) in [7, 11) is 0. The zero-order chi connectivity index (χ0) is 27.6. The number of hydrogen-bond acceptors (Lipinski definition) is 5. The van der Waals surface area contributed by atoms with Crippen molar-refractivity contribution in [2.24, 2.45) is 11.7 Å². The van der Waals surface area contributed by atoms with Crippen molar-refractivity contribution in [3.63, 3.8) is 0 Å². The van der Waals surface area contributed by atoms with Crippen molar-refractivity contribution in [1.82, 2.24) is 20.4 Å². The van der Waals surface area contributed by atoms with Gasteiger partial charge in [-0.2, -0.15) is 0 Å². The molecule has 39 heavy (non-hydrogen) atoms. The molecule has 0 aromatic heterocycles. The smallest absolute Gasteiger partial charge is 0.245 e. The molecule has 0 spiro atoms. The number of piperazine rings is 1. The molecular formula is C31H43N5O3. The van der Waals surface area contributed by atoms with Gasteiger partial charge >= 0.3 is 0 Å². The maximum atomic E-state index is 13.5. The third-order valence-corrected chi connectivity index (χ3v) is 8.03. The van der Waals surface area contributed by atoms with Gasteiger partial charge in [-0.25, -0.2) is 0 Å². The maximum absolute atomic E-state index is 13.5. The van der Waals surface area contributed by atoms with E-state index in [-0.39, 0.29) is 23.6 Å². The van der Waals surface area contributed by atoms with E-state index < -0.39 is 12.1 Å². The van der Waals surface area contributed by atoms with Crippen LogP contribution in [0.4, 0.5) is 0 Å². The summed E-state index contributed by atoms with van der Waals surface area (Å²) in [5.41, 5.74) is 9.37. The first-order chi connectivity index (χ1) is 18.9. The fourth-order valence-electron chi connectivity index (χ4n) is 5.55. The number of rotatable bonds is 11. The number of nitrogens with two attached hydrogens (primary N) is 1. The average molecular weight is 534 g/mol. The number of carbonyl (C=O) groups excluding carboxylic acids is 3. The first-order valence-corrected chi connectivity index (χ1v) is 14.4. The Hall–Kier alpha value is -3.23. The topological polar surface area (TPSA) is 108 Å². The van der Waals surface area contributed by atoms with Crippen LogP contribution in [0.25, 0.3) is 0 Å². The Bertz CT molecular complexity index is 1080. The first-order valence-electron chi connectivity index (χ1n) is 14.4. The minimum absolute atomic E-state index is 0.0339. The van der Waals surface area contributed by atoms with Crippen LogP contribution in [0.2, 0.25) is 0 Å². The molecule has 0 bridgehead atoms. The first kappa shape index (κ1) is 28.8. The molecular weight excluding hydrogens is 490 g/mol. The molecule has 3 amide bonds. The molecule has 1 saturated heterocycles. The molecule has 2 fully saturated rings. The molecule has 2 aromatic rings. The lowest BCUT2D eigenvalue weighted by Gasteiger charge is -2.36. The second-order valence-corrected chi connectivity index (χ2v) is 10.9. The monoisotopic (exact) mass is 533 g/mol. The number of amides is 3. The summed E-state index contributed by atoms with van der Waals surface area (Å²) in [6, 6.07) is 17.2. The molecule has 8 nitrogen and oxygen atoms in total. The Morgan fingerprint density at radius 1 is 0.897 bits per heavy atom. The number of nitrogens with one attached hydrogen (secondary N) is 2. The van der Waals surface area contributed by atoms with Gasteiger partial charge in [0, 0.05) is 52.1 Å². The Labute approximate surface area is 232 Å². The van der Waals surface area contributed by atoms with Crippen molar-refractivity contribution in [3.05, 3.63) is 71.3 Å². The van der Waals surface area contributed by atoms with Crippen molar-refractivity contribution in [3.8, 4) is 0 Å². The van der Waals surface area contributed by atoms with Gasteiger partial charge in [0.25, 0.3) is 0 Å². The van der Waals surface area contributed by atoms with Crippen molar-refractivity contribution in [2.45, 2.75) is 70.6 Å². The molecule has 1 aliphatic carbocycles. The highest BCUT2D eigenvalue weighted by molar-refractivity contribution is 5.88. The second-order valence-electron chi connectivity index (χ2n) is 10.9. The molecule has 1 aliphatic heterocycles. The van der Waals surface area contributed by atoms with Crippen LogP contribution in [0.5, 0.6) is 0 Å². The minimum Gasteiger partial charge on any atom is -0.351 e. The van der Waals surface area contributed by atoms with E-state index >= 15 is 0 Å². The fourth-order valence-corrected chi connectivity index (χ4v) is 5.55. The Kier molecular flexibility index (Phi) is 10.5. The van der Waals surface area contributed by atoms with Crippen LogP contribution in [-0.2, 0) is 33.9 Å². The van der Waals surface area contributed by atoms with Crippen LogP contribution in [-0.4, -0.2) is 65.8 Å². The van der Waals surface area contributed by atoms with Gasteiger partial charge in [-0.3, -0.25) is 19.3 Å². The lowest BCUT2D eigenvalue weighted by molar-refractivity contribution is -0.138. The summed E-state index contributed by atoms with van der Waals surface area (Å²) in [4.78, 5) is 42.4. The van der Waals surface area contributed by atoms with Gasteiger partial charge < -0.3 is 21.3 Å². The Morgan fingerprint density at radius 3 is 2.18 bits per heavy atom. The summed E-state index contributed by atoms with van der Waals surface area (Å²) in [5.74, 6) is 0.0252. The van der Waals surface area contributed by atoms with Crippen LogP contribution in [0, 0.1) is 5.92 Å². The maximum Gasteiger partial charge on any atom is 0.245 e. The van der Waals surface area contributed by atoms with E-state index in [0.29, 0.717) is 32.5 Å². The quantitative estimate of drug-likeness (QED) is 0.412. The average Bonchev–Trinajstić information content (AvgIpc) is 3.51. The van der Waals surface area contributed by atoms with Crippen LogP contribution in [0.3, 0.4) is 0 Å². The zero-order valence-electron chi connectivity index (χ0n) is 23.1.